The normalized spacial score (nSPS) is 10.6. The Kier molecular flexibility index (Phi) is 6.38. The maximum absolute atomic E-state index is 12.1. The number of aromatic nitrogens is 1. The fourth-order valence-electron chi connectivity index (χ4n) is 2.06. The van der Waals surface area contributed by atoms with Gasteiger partial charge in [0, 0.05) is 23.5 Å². The van der Waals surface area contributed by atoms with Crippen LogP contribution in [0, 0.1) is 0 Å². The molecular formula is C17H21ClN4O. The van der Waals surface area contributed by atoms with Gasteiger partial charge in [-0.3, -0.25) is 9.78 Å². The van der Waals surface area contributed by atoms with Gasteiger partial charge in [-0.05, 0) is 51.3 Å². The number of anilines is 2. The number of rotatable bonds is 7. The standard InChI is InChI=1S/C17H21ClN4O/c1-22(2)8-4-7-20-17(23)13-9-16(12-19-11-13)21-15-6-3-5-14(18)10-15/h3,5-6,9-12,21H,4,7-8H2,1-2H3,(H,20,23). The van der Waals surface area contributed by atoms with Crippen molar-refractivity contribution in [1.29, 1.82) is 0 Å². The topological polar surface area (TPSA) is 57.3 Å². The van der Waals surface area contributed by atoms with Gasteiger partial charge in [0.1, 0.15) is 0 Å². The van der Waals surface area contributed by atoms with Crippen molar-refractivity contribution >= 4 is 28.9 Å². The lowest BCUT2D eigenvalue weighted by Gasteiger charge is -2.11. The minimum Gasteiger partial charge on any atom is -0.354 e. The molecule has 122 valence electrons. The first-order valence-electron chi connectivity index (χ1n) is 7.45. The van der Waals surface area contributed by atoms with Crippen LogP contribution in [0.2, 0.25) is 5.02 Å². The van der Waals surface area contributed by atoms with Crippen molar-refractivity contribution in [2.24, 2.45) is 0 Å². The molecule has 0 bridgehead atoms. The Bertz CT molecular complexity index is 661. The smallest absolute Gasteiger partial charge is 0.252 e. The monoisotopic (exact) mass is 332 g/mol. The number of pyridine rings is 1. The zero-order valence-electron chi connectivity index (χ0n) is 13.3. The first kappa shape index (κ1) is 17.2. The molecule has 1 aromatic heterocycles. The van der Waals surface area contributed by atoms with Crippen molar-refractivity contribution in [3.63, 3.8) is 0 Å². The lowest BCUT2D eigenvalue weighted by atomic mass is 10.2. The van der Waals surface area contributed by atoms with Gasteiger partial charge in [0.2, 0.25) is 0 Å². The van der Waals surface area contributed by atoms with Crippen LogP contribution >= 0.6 is 11.6 Å². The second kappa shape index (κ2) is 8.50. The summed E-state index contributed by atoms with van der Waals surface area (Å²) >= 11 is 5.96. The predicted octanol–water partition coefficient (Wildman–Crippen LogP) is 3.16. The number of carbonyl (C=O) groups is 1. The summed E-state index contributed by atoms with van der Waals surface area (Å²) in [5.41, 5.74) is 2.12. The quantitative estimate of drug-likeness (QED) is 0.765. The molecule has 1 amide bonds. The van der Waals surface area contributed by atoms with Crippen molar-refractivity contribution in [3.8, 4) is 0 Å². The molecule has 2 aromatic rings. The maximum Gasteiger partial charge on any atom is 0.252 e. The average molecular weight is 333 g/mol. The zero-order valence-corrected chi connectivity index (χ0v) is 14.1. The highest BCUT2D eigenvalue weighted by molar-refractivity contribution is 6.30. The molecular weight excluding hydrogens is 312 g/mol. The molecule has 2 rings (SSSR count). The molecule has 0 saturated carbocycles. The van der Waals surface area contributed by atoms with Crippen LogP contribution in [0.5, 0.6) is 0 Å². The molecule has 0 fully saturated rings. The Balaban J connectivity index is 1.95. The van der Waals surface area contributed by atoms with Gasteiger partial charge in [-0.2, -0.15) is 0 Å². The summed E-state index contributed by atoms with van der Waals surface area (Å²) in [6.07, 6.45) is 4.14. The van der Waals surface area contributed by atoms with Gasteiger partial charge in [-0.25, -0.2) is 0 Å². The highest BCUT2D eigenvalue weighted by Gasteiger charge is 2.07. The van der Waals surface area contributed by atoms with E-state index in [4.69, 9.17) is 11.6 Å². The Morgan fingerprint density at radius 1 is 1.22 bits per heavy atom. The van der Waals surface area contributed by atoms with E-state index in [0.717, 1.165) is 24.3 Å². The van der Waals surface area contributed by atoms with E-state index in [0.29, 0.717) is 17.1 Å². The highest BCUT2D eigenvalue weighted by Crippen LogP contribution is 2.20. The van der Waals surface area contributed by atoms with Gasteiger partial charge in [0.15, 0.2) is 0 Å². The third kappa shape index (κ3) is 5.88. The van der Waals surface area contributed by atoms with Gasteiger partial charge in [0.05, 0.1) is 17.4 Å². The summed E-state index contributed by atoms with van der Waals surface area (Å²) in [5.74, 6) is -0.119. The van der Waals surface area contributed by atoms with Crippen LogP contribution in [-0.2, 0) is 0 Å². The second-order valence-electron chi connectivity index (χ2n) is 5.51. The molecule has 0 saturated heterocycles. The van der Waals surface area contributed by atoms with Crippen LogP contribution in [0.15, 0.2) is 42.7 Å². The lowest BCUT2D eigenvalue weighted by Crippen LogP contribution is -2.27. The molecule has 0 aliphatic heterocycles. The van der Waals surface area contributed by atoms with E-state index in [2.05, 4.69) is 20.5 Å². The van der Waals surface area contributed by atoms with Crippen LogP contribution in [0.4, 0.5) is 11.4 Å². The molecule has 1 aromatic carbocycles. The Labute approximate surface area is 141 Å². The first-order chi connectivity index (χ1) is 11.0. The summed E-state index contributed by atoms with van der Waals surface area (Å²) in [6, 6.07) is 9.16. The van der Waals surface area contributed by atoms with Crippen molar-refractivity contribution in [1.82, 2.24) is 15.2 Å². The molecule has 2 N–H and O–H groups in total. The lowest BCUT2D eigenvalue weighted by molar-refractivity contribution is 0.0952. The molecule has 1 heterocycles. The number of nitrogens with one attached hydrogen (secondary N) is 2. The van der Waals surface area contributed by atoms with E-state index < -0.39 is 0 Å². The molecule has 0 spiro atoms. The summed E-state index contributed by atoms with van der Waals surface area (Å²) in [7, 11) is 4.02. The molecule has 6 heteroatoms. The number of hydrogen-bond acceptors (Lipinski definition) is 4. The Morgan fingerprint density at radius 2 is 2.04 bits per heavy atom. The third-order valence-corrected chi connectivity index (χ3v) is 3.42. The fourth-order valence-corrected chi connectivity index (χ4v) is 2.25. The molecule has 0 atom stereocenters. The van der Waals surface area contributed by atoms with Crippen molar-refractivity contribution in [2.75, 3.05) is 32.5 Å². The molecule has 0 aliphatic carbocycles. The first-order valence-corrected chi connectivity index (χ1v) is 7.83. The van der Waals surface area contributed by atoms with Crippen LogP contribution in [0.3, 0.4) is 0 Å². The summed E-state index contributed by atoms with van der Waals surface area (Å²) < 4.78 is 0. The van der Waals surface area contributed by atoms with Crippen molar-refractivity contribution in [2.45, 2.75) is 6.42 Å². The SMILES string of the molecule is CN(C)CCCNC(=O)c1cncc(Nc2cccc(Cl)c2)c1. The van der Waals surface area contributed by atoms with Crippen LogP contribution in [0.25, 0.3) is 0 Å². The van der Waals surface area contributed by atoms with Gasteiger partial charge in [0.25, 0.3) is 5.91 Å². The average Bonchev–Trinajstić information content (AvgIpc) is 2.51. The van der Waals surface area contributed by atoms with Crippen molar-refractivity contribution in [3.05, 3.63) is 53.3 Å². The minimum atomic E-state index is -0.119. The van der Waals surface area contributed by atoms with Gasteiger partial charge >= 0.3 is 0 Å². The van der Waals surface area contributed by atoms with Crippen LogP contribution in [0.1, 0.15) is 16.8 Å². The fraction of sp³-hybridized carbons (Fsp3) is 0.294. The van der Waals surface area contributed by atoms with E-state index in [1.807, 2.05) is 38.4 Å². The second-order valence-corrected chi connectivity index (χ2v) is 5.95. The Morgan fingerprint density at radius 3 is 2.78 bits per heavy atom. The maximum atomic E-state index is 12.1. The van der Waals surface area contributed by atoms with Gasteiger partial charge < -0.3 is 15.5 Å². The third-order valence-electron chi connectivity index (χ3n) is 3.18. The van der Waals surface area contributed by atoms with Crippen LogP contribution < -0.4 is 10.6 Å². The largest absolute Gasteiger partial charge is 0.354 e. The van der Waals surface area contributed by atoms with E-state index in [1.54, 1.807) is 18.5 Å². The number of carbonyl (C=O) groups excluding carboxylic acids is 1. The van der Waals surface area contributed by atoms with E-state index in [9.17, 15) is 4.79 Å². The van der Waals surface area contributed by atoms with Crippen LogP contribution in [-0.4, -0.2) is 43.0 Å². The zero-order chi connectivity index (χ0) is 16.7. The number of amides is 1. The van der Waals surface area contributed by atoms with E-state index >= 15 is 0 Å². The van der Waals surface area contributed by atoms with E-state index in [-0.39, 0.29) is 5.91 Å². The predicted molar refractivity (Wildman–Crippen MR) is 94.5 cm³/mol. The molecule has 0 aliphatic rings. The van der Waals surface area contributed by atoms with E-state index in [1.165, 1.54) is 0 Å². The molecule has 23 heavy (non-hydrogen) atoms. The molecule has 0 radical (unpaired) electrons. The summed E-state index contributed by atoms with van der Waals surface area (Å²) in [4.78, 5) is 18.3. The highest BCUT2D eigenvalue weighted by atomic mass is 35.5. The van der Waals surface area contributed by atoms with Gasteiger partial charge in [-0.1, -0.05) is 17.7 Å². The van der Waals surface area contributed by atoms with Gasteiger partial charge in [-0.15, -0.1) is 0 Å². The number of hydrogen-bond donors (Lipinski definition) is 2. The summed E-state index contributed by atoms with van der Waals surface area (Å²) in [5, 5.41) is 6.74. The summed E-state index contributed by atoms with van der Waals surface area (Å²) in [6.45, 7) is 1.58. The minimum absolute atomic E-state index is 0.119. The number of nitrogens with zero attached hydrogens (tertiary/aromatic N) is 2. The Hall–Kier alpha value is -2.11. The molecule has 0 unspecified atom stereocenters. The number of halogens is 1. The molecule has 5 nitrogen and oxygen atoms in total. The number of benzene rings is 1. The van der Waals surface area contributed by atoms with Crippen molar-refractivity contribution < 1.29 is 4.79 Å².